The van der Waals surface area contributed by atoms with E-state index in [9.17, 15) is 4.79 Å². The lowest BCUT2D eigenvalue weighted by molar-refractivity contribution is -0.376. The van der Waals surface area contributed by atoms with Crippen molar-refractivity contribution in [3.05, 3.63) is 24.3 Å². The summed E-state index contributed by atoms with van der Waals surface area (Å²) in [4.78, 5) is 10.8. The van der Waals surface area contributed by atoms with Crippen molar-refractivity contribution in [1.29, 1.82) is 0 Å². The van der Waals surface area contributed by atoms with Crippen molar-refractivity contribution in [2.45, 2.75) is 38.5 Å². The van der Waals surface area contributed by atoms with E-state index < -0.39 is 11.8 Å². The molecular formula is C14H22N2O5. The summed E-state index contributed by atoms with van der Waals surface area (Å²) in [5.41, 5.74) is -0.741. The van der Waals surface area contributed by atoms with Crippen LogP contribution in [0.2, 0.25) is 0 Å². The van der Waals surface area contributed by atoms with Crippen LogP contribution in [0.25, 0.3) is 0 Å². The minimum Gasteiger partial charge on any atom is -0.466 e. The van der Waals surface area contributed by atoms with Crippen molar-refractivity contribution in [2.24, 2.45) is 10.2 Å². The summed E-state index contributed by atoms with van der Waals surface area (Å²) in [5.74, 6) is -0.378. The van der Waals surface area contributed by atoms with Gasteiger partial charge in [-0.1, -0.05) is 23.3 Å². The molecule has 0 aromatic heterocycles. The Balaban J connectivity index is 2.22. The zero-order valence-electron chi connectivity index (χ0n) is 12.9. The Labute approximate surface area is 124 Å². The highest BCUT2D eigenvalue weighted by Gasteiger charge is 2.45. The first-order valence-corrected chi connectivity index (χ1v) is 6.67. The van der Waals surface area contributed by atoms with Crippen LogP contribution in [0, 0.1) is 0 Å². The SMILES string of the molecule is COC(=O)/C=C/C=C/CCCOC1(OC)N=NC(C)(C)O1. The molecule has 0 spiro atoms. The van der Waals surface area contributed by atoms with Gasteiger partial charge in [0.25, 0.3) is 0 Å². The zero-order chi connectivity index (χ0) is 15.8. The molecule has 0 amide bonds. The molecule has 0 aliphatic carbocycles. The van der Waals surface area contributed by atoms with Crippen molar-refractivity contribution in [2.75, 3.05) is 20.8 Å². The number of carbonyl (C=O) groups is 1. The average molecular weight is 298 g/mol. The largest absolute Gasteiger partial charge is 0.466 e. The fraction of sp³-hybridized carbons (Fsp3) is 0.643. The number of rotatable bonds is 8. The van der Waals surface area contributed by atoms with E-state index in [1.807, 2.05) is 6.08 Å². The number of allylic oxidation sites excluding steroid dienone is 3. The minimum absolute atomic E-state index is 0.378. The molecule has 1 rings (SSSR count). The maximum absolute atomic E-state index is 10.8. The molecule has 0 N–H and O–H groups in total. The van der Waals surface area contributed by atoms with Crippen molar-refractivity contribution in [3.8, 4) is 0 Å². The highest BCUT2D eigenvalue weighted by atomic mass is 16.9. The fourth-order valence-electron chi connectivity index (χ4n) is 1.52. The highest BCUT2D eigenvalue weighted by Crippen LogP contribution is 2.33. The summed E-state index contributed by atoms with van der Waals surface area (Å²) < 4.78 is 20.6. The van der Waals surface area contributed by atoms with Crippen LogP contribution in [0.1, 0.15) is 26.7 Å². The van der Waals surface area contributed by atoms with E-state index in [1.165, 1.54) is 20.3 Å². The van der Waals surface area contributed by atoms with Crippen molar-refractivity contribution in [3.63, 3.8) is 0 Å². The van der Waals surface area contributed by atoms with Crippen molar-refractivity contribution >= 4 is 5.97 Å². The molecule has 0 radical (unpaired) electrons. The van der Waals surface area contributed by atoms with Crippen molar-refractivity contribution < 1.29 is 23.7 Å². The normalized spacial score (nSPS) is 24.2. The molecule has 0 fully saturated rings. The van der Waals surface area contributed by atoms with Crippen LogP contribution in [0.3, 0.4) is 0 Å². The molecule has 1 atom stereocenters. The van der Waals surface area contributed by atoms with E-state index in [0.29, 0.717) is 6.61 Å². The number of azo groups is 1. The Hall–Kier alpha value is -1.57. The Morgan fingerprint density at radius 2 is 2.00 bits per heavy atom. The number of unbranched alkanes of at least 4 members (excludes halogenated alkanes) is 1. The van der Waals surface area contributed by atoms with Crippen molar-refractivity contribution in [1.82, 2.24) is 0 Å². The summed E-state index contributed by atoms with van der Waals surface area (Å²) in [6.07, 6.45) is 6.78. The average Bonchev–Trinajstić information content (AvgIpc) is 2.77. The molecular weight excluding hydrogens is 276 g/mol. The molecule has 0 saturated carbocycles. The summed E-state index contributed by atoms with van der Waals surface area (Å²) in [6, 6.07) is 0. The first-order valence-electron chi connectivity index (χ1n) is 6.67. The van der Waals surface area contributed by atoms with E-state index in [1.54, 1.807) is 26.0 Å². The van der Waals surface area contributed by atoms with Crippen LogP contribution in [0.5, 0.6) is 0 Å². The Kier molecular flexibility index (Phi) is 6.67. The number of esters is 1. The van der Waals surface area contributed by atoms with E-state index >= 15 is 0 Å². The van der Waals surface area contributed by atoms with Crippen LogP contribution in [0.4, 0.5) is 0 Å². The minimum atomic E-state index is -1.43. The van der Waals surface area contributed by atoms with Gasteiger partial charge in [-0.15, -0.1) is 0 Å². The van der Waals surface area contributed by atoms with Gasteiger partial charge in [-0.25, -0.2) is 4.79 Å². The van der Waals surface area contributed by atoms with Crippen LogP contribution in [0.15, 0.2) is 34.5 Å². The van der Waals surface area contributed by atoms with Gasteiger partial charge >= 0.3 is 12.1 Å². The highest BCUT2D eigenvalue weighted by molar-refractivity contribution is 5.82. The summed E-state index contributed by atoms with van der Waals surface area (Å²) in [5, 5.41) is 7.83. The lowest BCUT2D eigenvalue weighted by atomic mass is 10.3. The first-order chi connectivity index (χ1) is 9.93. The maximum Gasteiger partial charge on any atom is 0.414 e. The van der Waals surface area contributed by atoms with Crippen LogP contribution >= 0.6 is 0 Å². The molecule has 0 aromatic rings. The second-order valence-electron chi connectivity index (χ2n) is 4.78. The third-order valence-electron chi connectivity index (χ3n) is 2.53. The topological polar surface area (TPSA) is 78.7 Å². The smallest absolute Gasteiger partial charge is 0.414 e. The molecule has 0 saturated heterocycles. The lowest BCUT2D eigenvalue weighted by Crippen LogP contribution is -2.38. The molecule has 7 nitrogen and oxygen atoms in total. The molecule has 0 aromatic carbocycles. The third kappa shape index (κ3) is 6.16. The monoisotopic (exact) mass is 298 g/mol. The Bertz CT molecular complexity index is 431. The van der Waals surface area contributed by atoms with E-state index in [2.05, 4.69) is 15.0 Å². The van der Waals surface area contributed by atoms with Gasteiger partial charge in [0.1, 0.15) is 0 Å². The Morgan fingerprint density at radius 3 is 2.57 bits per heavy atom. The molecule has 1 aliphatic rings. The van der Waals surface area contributed by atoms with Gasteiger partial charge in [-0.2, -0.15) is 5.11 Å². The Morgan fingerprint density at radius 1 is 1.24 bits per heavy atom. The number of carbonyl (C=O) groups excluding carboxylic acids is 1. The predicted molar refractivity (Wildman–Crippen MR) is 75.2 cm³/mol. The van der Waals surface area contributed by atoms with Gasteiger partial charge in [0.05, 0.1) is 13.7 Å². The maximum atomic E-state index is 10.8. The van der Waals surface area contributed by atoms with E-state index in [-0.39, 0.29) is 5.97 Å². The second kappa shape index (κ2) is 8.02. The van der Waals surface area contributed by atoms with Crippen LogP contribution in [-0.2, 0) is 23.7 Å². The predicted octanol–water partition coefficient (Wildman–Crippen LogP) is 2.54. The zero-order valence-corrected chi connectivity index (χ0v) is 12.9. The van der Waals surface area contributed by atoms with Gasteiger partial charge in [0.15, 0.2) is 5.72 Å². The third-order valence-corrected chi connectivity index (χ3v) is 2.53. The van der Waals surface area contributed by atoms with Gasteiger partial charge in [0, 0.05) is 13.2 Å². The molecule has 1 heterocycles. The van der Waals surface area contributed by atoms with Crippen LogP contribution < -0.4 is 0 Å². The fourth-order valence-corrected chi connectivity index (χ4v) is 1.52. The van der Waals surface area contributed by atoms with E-state index in [0.717, 1.165) is 12.8 Å². The van der Waals surface area contributed by atoms with Gasteiger partial charge in [0.2, 0.25) is 0 Å². The summed E-state index contributed by atoms with van der Waals surface area (Å²) in [6.45, 7) is 3.96. The lowest BCUT2D eigenvalue weighted by Gasteiger charge is -2.25. The number of hydrogen-bond donors (Lipinski definition) is 0. The number of ether oxygens (including phenoxy) is 4. The molecule has 118 valence electrons. The van der Waals surface area contributed by atoms with Gasteiger partial charge in [-0.3, -0.25) is 4.74 Å². The van der Waals surface area contributed by atoms with E-state index in [4.69, 9.17) is 14.2 Å². The number of methoxy groups -OCH3 is 2. The second-order valence-corrected chi connectivity index (χ2v) is 4.78. The molecule has 1 unspecified atom stereocenters. The van der Waals surface area contributed by atoms with Crippen LogP contribution in [-0.4, -0.2) is 38.6 Å². The summed E-state index contributed by atoms with van der Waals surface area (Å²) >= 11 is 0. The van der Waals surface area contributed by atoms with Gasteiger partial charge in [-0.05, 0) is 26.7 Å². The quantitative estimate of drug-likeness (QED) is 0.226. The molecule has 7 heteroatoms. The van der Waals surface area contributed by atoms with Gasteiger partial charge < -0.3 is 14.2 Å². The summed E-state index contributed by atoms with van der Waals surface area (Å²) in [7, 11) is 2.79. The number of hydrogen-bond acceptors (Lipinski definition) is 7. The first kappa shape index (κ1) is 17.5. The number of nitrogens with zero attached hydrogens (tertiary/aromatic N) is 2. The molecule has 0 bridgehead atoms. The molecule has 21 heavy (non-hydrogen) atoms. The molecule has 1 aliphatic heterocycles. The standard InChI is InChI=1S/C14H22N2O5/c1-13(2)15-16-14(19-4,21-13)20-11-9-7-5-6-8-10-12(17)18-3/h5-6,8,10H,7,9,11H2,1-4H3/b6-5+,10-8+.